The number of hydrogen-bond donors (Lipinski definition) is 1. The minimum Gasteiger partial charge on any atom is -0.331 e. The van der Waals surface area contributed by atoms with Gasteiger partial charge >= 0.3 is 0 Å². The van der Waals surface area contributed by atoms with Crippen LogP contribution in [-0.2, 0) is 0 Å². The Balaban J connectivity index is 1.95. The zero-order chi connectivity index (χ0) is 13.8. The van der Waals surface area contributed by atoms with Crippen molar-refractivity contribution >= 4 is 27.2 Å². The van der Waals surface area contributed by atoms with Gasteiger partial charge in [0.05, 0.1) is 0 Å². The molecule has 0 radical (unpaired) electrons. The molecule has 0 aliphatic carbocycles. The van der Waals surface area contributed by atoms with Crippen LogP contribution in [0.5, 0.6) is 0 Å². The summed E-state index contributed by atoms with van der Waals surface area (Å²) < 4.78 is 0. The van der Waals surface area contributed by atoms with E-state index in [2.05, 4.69) is 15.5 Å². The van der Waals surface area contributed by atoms with Crippen LogP contribution in [0.3, 0.4) is 0 Å². The number of benzene rings is 2. The molecule has 5 heteroatoms. The third-order valence-corrected chi connectivity index (χ3v) is 3.61. The maximum atomic E-state index is 11.0. The van der Waals surface area contributed by atoms with Crippen molar-refractivity contribution in [2.75, 3.05) is 5.32 Å². The third-order valence-electron chi connectivity index (χ3n) is 2.76. The van der Waals surface area contributed by atoms with Crippen molar-refractivity contribution < 1.29 is 0 Å². The van der Waals surface area contributed by atoms with Gasteiger partial charge in [0.15, 0.2) is 10.1 Å². The number of nitrogens with one attached hydrogen (secondary N) is 1. The van der Waals surface area contributed by atoms with Gasteiger partial charge in [-0.05, 0) is 17.3 Å². The van der Waals surface area contributed by atoms with Crippen molar-refractivity contribution in [1.29, 1.82) is 0 Å². The SMILES string of the molecule is O=Nc1sc(Nc2ccccc2)nc1-c1ccccc1. The topological polar surface area (TPSA) is 54.4 Å². The number of nitrogens with zero attached hydrogens (tertiary/aromatic N) is 2. The normalized spacial score (nSPS) is 10.2. The Hall–Kier alpha value is -2.53. The first-order valence-electron chi connectivity index (χ1n) is 6.08. The number of hydrogen-bond acceptors (Lipinski definition) is 5. The summed E-state index contributed by atoms with van der Waals surface area (Å²) in [7, 11) is 0. The molecular weight excluding hydrogens is 270 g/mol. The summed E-state index contributed by atoms with van der Waals surface area (Å²) in [4.78, 5) is 15.4. The largest absolute Gasteiger partial charge is 0.331 e. The molecule has 0 saturated carbocycles. The van der Waals surface area contributed by atoms with Crippen molar-refractivity contribution in [2.45, 2.75) is 0 Å². The van der Waals surface area contributed by atoms with E-state index < -0.39 is 0 Å². The fourth-order valence-electron chi connectivity index (χ4n) is 1.86. The fourth-order valence-corrected chi connectivity index (χ4v) is 2.64. The van der Waals surface area contributed by atoms with E-state index in [1.165, 1.54) is 11.3 Å². The van der Waals surface area contributed by atoms with Gasteiger partial charge < -0.3 is 5.32 Å². The fraction of sp³-hybridized carbons (Fsp3) is 0. The first kappa shape index (κ1) is 12.5. The number of anilines is 2. The Kier molecular flexibility index (Phi) is 3.52. The lowest BCUT2D eigenvalue weighted by Gasteiger charge is -2.00. The van der Waals surface area contributed by atoms with E-state index in [0.717, 1.165) is 11.3 Å². The second kappa shape index (κ2) is 5.63. The van der Waals surface area contributed by atoms with Gasteiger partial charge in [-0.15, -0.1) is 4.91 Å². The molecule has 0 bridgehead atoms. The smallest absolute Gasteiger partial charge is 0.190 e. The van der Waals surface area contributed by atoms with Crippen LogP contribution in [0.4, 0.5) is 15.8 Å². The Morgan fingerprint density at radius 2 is 1.60 bits per heavy atom. The second-order valence-corrected chi connectivity index (χ2v) is 5.10. The molecule has 3 aromatic rings. The summed E-state index contributed by atoms with van der Waals surface area (Å²) in [5, 5.41) is 7.29. The average molecular weight is 281 g/mol. The number of nitroso groups, excluding NO2 is 1. The highest BCUT2D eigenvalue weighted by atomic mass is 32.1. The van der Waals surface area contributed by atoms with Gasteiger partial charge in [-0.1, -0.05) is 59.9 Å². The van der Waals surface area contributed by atoms with Gasteiger partial charge in [-0.2, -0.15) is 0 Å². The van der Waals surface area contributed by atoms with E-state index in [4.69, 9.17) is 0 Å². The number of thiazole rings is 1. The number of aromatic nitrogens is 1. The molecular formula is C15H11N3OS. The van der Waals surface area contributed by atoms with E-state index >= 15 is 0 Å². The van der Waals surface area contributed by atoms with E-state index in [1.54, 1.807) is 0 Å². The predicted molar refractivity (Wildman–Crippen MR) is 82.7 cm³/mol. The predicted octanol–water partition coefficient (Wildman–Crippen LogP) is 4.95. The molecule has 98 valence electrons. The molecule has 0 aliphatic heterocycles. The van der Waals surface area contributed by atoms with E-state index in [1.807, 2.05) is 60.7 Å². The van der Waals surface area contributed by atoms with Crippen molar-refractivity contribution in [1.82, 2.24) is 4.98 Å². The standard InChI is InChI=1S/C15H11N3OS/c19-18-14-13(11-7-3-1-4-8-11)17-15(20-14)16-12-9-5-2-6-10-12/h1-10H,(H,16,17). The van der Waals surface area contributed by atoms with Crippen molar-refractivity contribution in [3.8, 4) is 11.3 Å². The van der Waals surface area contributed by atoms with Gasteiger partial charge in [0.25, 0.3) is 0 Å². The molecule has 0 atom stereocenters. The first-order valence-corrected chi connectivity index (χ1v) is 6.90. The zero-order valence-corrected chi connectivity index (χ0v) is 11.3. The molecule has 0 unspecified atom stereocenters. The summed E-state index contributed by atoms with van der Waals surface area (Å²) in [6.45, 7) is 0. The van der Waals surface area contributed by atoms with Crippen LogP contribution in [0.15, 0.2) is 65.8 Å². The molecule has 3 rings (SSSR count). The Morgan fingerprint density at radius 3 is 2.25 bits per heavy atom. The lowest BCUT2D eigenvalue weighted by atomic mass is 10.2. The van der Waals surface area contributed by atoms with Gasteiger partial charge in [-0.3, -0.25) is 0 Å². The van der Waals surface area contributed by atoms with Gasteiger partial charge in [-0.25, -0.2) is 4.98 Å². The van der Waals surface area contributed by atoms with Crippen LogP contribution in [0.25, 0.3) is 11.3 Å². The highest BCUT2D eigenvalue weighted by molar-refractivity contribution is 7.19. The summed E-state index contributed by atoms with van der Waals surface area (Å²) in [6, 6.07) is 19.3. The summed E-state index contributed by atoms with van der Waals surface area (Å²) >= 11 is 1.25. The molecule has 1 heterocycles. The summed E-state index contributed by atoms with van der Waals surface area (Å²) in [6.07, 6.45) is 0. The average Bonchev–Trinajstić information content (AvgIpc) is 2.92. The van der Waals surface area contributed by atoms with E-state index in [9.17, 15) is 4.91 Å². The van der Waals surface area contributed by atoms with Crippen LogP contribution in [-0.4, -0.2) is 4.98 Å². The molecule has 1 aromatic heterocycles. The molecule has 1 N–H and O–H groups in total. The molecule has 0 spiro atoms. The molecule has 4 nitrogen and oxygen atoms in total. The molecule has 0 aliphatic rings. The van der Waals surface area contributed by atoms with Crippen molar-refractivity contribution in [2.24, 2.45) is 5.18 Å². The first-order chi connectivity index (χ1) is 9.86. The molecule has 0 saturated heterocycles. The maximum Gasteiger partial charge on any atom is 0.190 e. The number of rotatable bonds is 4. The third kappa shape index (κ3) is 2.57. The van der Waals surface area contributed by atoms with Crippen LogP contribution in [0.2, 0.25) is 0 Å². The summed E-state index contributed by atoms with van der Waals surface area (Å²) in [5.74, 6) is 0. The van der Waals surface area contributed by atoms with Crippen molar-refractivity contribution in [3.63, 3.8) is 0 Å². The van der Waals surface area contributed by atoms with Crippen molar-refractivity contribution in [3.05, 3.63) is 65.6 Å². The summed E-state index contributed by atoms with van der Waals surface area (Å²) in [5.41, 5.74) is 2.43. The van der Waals surface area contributed by atoms with E-state index in [-0.39, 0.29) is 0 Å². The monoisotopic (exact) mass is 281 g/mol. The van der Waals surface area contributed by atoms with Gasteiger partial charge in [0, 0.05) is 11.3 Å². The molecule has 2 aromatic carbocycles. The minimum absolute atomic E-state index is 0.384. The van der Waals surface area contributed by atoms with Gasteiger partial charge in [0.1, 0.15) is 5.69 Å². The molecule has 0 amide bonds. The van der Waals surface area contributed by atoms with Gasteiger partial charge in [0.2, 0.25) is 0 Å². The lowest BCUT2D eigenvalue weighted by Crippen LogP contribution is -1.88. The van der Waals surface area contributed by atoms with Crippen LogP contribution in [0.1, 0.15) is 0 Å². The Morgan fingerprint density at radius 1 is 0.950 bits per heavy atom. The Bertz CT molecular complexity index is 710. The minimum atomic E-state index is 0.384. The van der Waals surface area contributed by atoms with Crippen LogP contribution in [0, 0.1) is 4.91 Å². The number of para-hydroxylation sites is 1. The van der Waals surface area contributed by atoms with Crippen LogP contribution >= 0.6 is 11.3 Å². The van der Waals surface area contributed by atoms with Crippen LogP contribution < -0.4 is 5.32 Å². The van der Waals surface area contributed by atoms with E-state index in [0.29, 0.717) is 15.8 Å². The quantitative estimate of drug-likeness (QED) is 0.688. The maximum absolute atomic E-state index is 11.0. The molecule has 0 fully saturated rings. The second-order valence-electron chi connectivity index (χ2n) is 4.12. The zero-order valence-electron chi connectivity index (χ0n) is 10.5. The Labute approximate surface area is 120 Å². The molecule has 20 heavy (non-hydrogen) atoms. The lowest BCUT2D eigenvalue weighted by molar-refractivity contribution is 1.37. The highest BCUT2D eigenvalue weighted by Gasteiger charge is 2.13. The highest BCUT2D eigenvalue weighted by Crippen LogP contribution is 2.38.